The van der Waals surface area contributed by atoms with Crippen molar-refractivity contribution >= 4 is 10.0 Å². The summed E-state index contributed by atoms with van der Waals surface area (Å²) in [5.41, 5.74) is 0. The molecule has 0 amide bonds. The second-order valence-electron chi connectivity index (χ2n) is 5.42. The van der Waals surface area contributed by atoms with Crippen molar-refractivity contribution in [3.63, 3.8) is 0 Å². The standard InChI is InChI=1S/C13H22N2O4S/c1-9-5-4-6-10(2)15(9)14-20(17,18)13-7-12(8-16)19-11(13)3/h7,9-10,14,16H,4-6,8H2,1-3H3. The van der Waals surface area contributed by atoms with Crippen LogP contribution < -0.4 is 4.83 Å². The number of furan rings is 1. The second-order valence-corrected chi connectivity index (χ2v) is 7.05. The molecule has 2 rings (SSSR count). The van der Waals surface area contributed by atoms with Crippen molar-refractivity contribution in [2.45, 2.75) is 63.6 Å². The Hall–Kier alpha value is -0.890. The molecule has 1 aromatic rings. The van der Waals surface area contributed by atoms with Gasteiger partial charge in [-0.2, -0.15) is 0 Å². The van der Waals surface area contributed by atoms with E-state index in [4.69, 9.17) is 9.52 Å². The minimum Gasteiger partial charge on any atom is -0.462 e. The highest BCUT2D eigenvalue weighted by molar-refractivity contribution is 7.89. The Morgan fingerprint density at radius 3 is 2.50 bits per heavy atom. The van der Waals surface area contributed by atoms with Gasteiger partial charge in [-0.15, -0.1) is 4.83 Å². The lowest BCUT2D eigenvalue weighted by atomic mass is 10.0. The molecule has 20 heavy (non-hydrogen) atoms. The summed E-state index contributed by atoms with van der Waals surface area (Å²) in [6.45, 7) is 5.29. The minimum absolute atomic E-state index is 0.0894. The molecule has 2 atom stereocenters. The van der Waals surface area contributed by atoms with Crippen LogP contribution in [0.4, 0.5) is 0 Å². The number of aryl methyl sites for hydroxylation is 1. The molecule has 2 unspecified atom stereocenters. The summed E-state index contributed by atoms with van der Waals surface area (Å²) in [6, 6.07) is 1.70. The van der Waals surface area contributed by atoms with Gasteiger partial charge in [-0.25, -0.2) is 13.4 Å². The van der Waals surface area contributed by atoms with Gasteiger partial charge >= 0.3 is 0 Å². The molecule has 114 valence electrons. The summed E-state index contributed by atoms with van der Waals surface area (Å²) >= 11 is 0. The molecule has 0 bridgehead atoms. The van der Waals surface area contributed by atoms with Crippen LogP contribution in [0.3, 0.4) is 0 Å². The number of sulfonamides is 1. The number of rotatable bonds is 4. The highest BCUT2D eigenvalue weighted by atomic mass is 32.2. The zero-order valence-corrected chi connectivity index (χ0v) is 12.9. The highest BCUT2D eigenvalue weighted by Crippen LogP contribution is 2.24. The zero-order chi connectivity index (χ0) is 14.9. The first-order valence-electron chi connectivity index (χ1n) is 6.86. The first kappa shape index (κ1) is 15.5. The zero-order valence-electron chi connectivity index (χ0n) is 12.1. The Bertz CT molecular complexity index is 557. The molecule has 0 spiro atoms. The molecule has 0 saturated carbocycles. The third-order valence-electron chi connectivity index (χ3n) is 3.79. The van der Waals surface area contributed by atoms with E-state index in [1.54, 1.807) is 11.9 Å². The fourth-order valence-electron chi connectivity index (χ4n) is 2.66. The smallest absolute Gasteiger partial charge is 0.256 e. The summed E-state index contributed by atoms with van der Waals surface area (Å²) in [4.78, 5) is 2.74. The van der Waals surface area contributed by atoms with Crippen molar-refractivity contribution in [2.24, 2.45) is 0 Å². The van der Waals surface area contributed by atoms with E-state index in [1.165, 1.54) is 6.07 Å². The SMILES string of the molecule is Cc1oc(CO)cc1S(=O)(=O)NN1C(C)CCCC1C. The van der Waals surface area contributed by atoms with E-state index in [9.17, 15) is 8.42 Å². The molecule has 0 aliphatic carbocycles. The maximum atomic E-state index is 12.4. The largest absolute Gasteiger partial charge is 0.462 e. The molecule has 1 aliphatic rings. The van der Waals surface area contributed by atoms with Crippen LogP contribution in [-0.4, -0.2) is 30.6 Å². The van der Waals surface area contributed by atoms with Crippen LogP contribution in [0.15, 0.2) is 15.4 Å². The Kier molecular flexibility index (Phi) is 4.53. The fourth-order valence-corrected chi connectivity index (χ4v) is 4.10. The summed E-state index contributed by atoms with van der Waals surface area (Å²) < 4.78 is 30.1. The monoisotopic (exact) mass is 302 g/mol. The molecule has 2 heterocycles. The quantitative estimate of drug-likeness (QED) is 0.881. The van der Waals surface area contributed by atoms with Crippen molar-refractivity contribution < 1.29 is 17.9 Å². The van der Waals surface area contributed by atoms with Crippen LogP contribution in [0.1, 0.15) is 44.6 Å². The molecule has 1 saturated heterocycles. The molecular formula is C13H22N2O4S. The Balaban J connectivity index is 2.24. The Morgan fingerprint density at radius 2 is 2.00 bits per heavy atom. The van der Waals surface area contributed by atoms with Gasteiger partial charge in [-0.1, -0.05) is 6.42 Å². The average Bonchev–Trinajstić information content (AvgIpc) is 2.76. The molecular weight excluding hydrogens is 280 g/mol. The lowest BCUT2D eigenvalue weighted by molar-refractivity contribution is 0.0790. The van der Waals surface area contributed by atoms with Gasteiger partial charge in [0.25, 0.3) is 10.0 Å². The van der Waals surface area contributed by atoms with Crippen LogP contribution in [0, 0.1) is 6.92 Å². The molecule has 1 aliphatic heterocycles. The van der Waals surface area contributed by atoms with Crippen molar-refractivity contribution in [1.29, 1.82) is 0 Å². The third kappa shape index (κ3) is 3.06. The van der Waals surface area contributed by atoms with Gasteiger partial charge in [0.1, 0.15) is 23.0 Å². The van der Waals surface area contributed by atoms with E-state index in [1.807, 2.05) is 13.8 Å². The maximum absolute atomic E-state index is 12.4. The lowest BCUT2D eigenvalue weighted by Gasteiger charge is -2.38. The summed E-state index contributed by atoms with van der Waals surface area (Å²) in [5.74, 6) is 0.543. The highest BCUT2D eigenvalue weighted by Gasteiger charge is 2.30. The minimum atomic E-state index is -3.67. The number of hydrogen-bond donors (Lipinski definition) is 2. The van der Waals surface area contributed by atoms with Gasteiger partial charge < -0.3 is 9.52 Å². The number of hydrazine groups is 1. The fraction of sp³-hybridized carbons (Fsp3) is 0.692. The first-order valence-corrected chi connectivity index (χ1v) is 8.34. The molecule has 7 heteroatoms. The molecule has 0 radical (unpaired) electrons. The number of nitrogens with zero attached hydrogens (tertiary/aromatic N) is 1. The predicted molar refractivity (Wildman–Crippen MR) is 74.3 cm³/mol. The number of aliphatic hydroxyl groups is 1. The van der Waals surface area contributed by atoms with Crippen molar-refractivity contribution in [2.75, 3.05) is 0 Å². The third-order valence-corrected chi connectivity index (χ3v) is 5.22. The number of piperidine rings is 1. The van der Waals surface area contributed by atoms with Gasteiger partial charge in [0.15, 0.2) is 0 Å². The topological polar surface area (TPSA) is 82.8 Å². The number of aliphatic hydroxyl groups excluding tert-OH is 1. The second kappa shape index (κ2) is 5.85. The summed E-state index contributed by atoms with van der Waals surface area (Å²) in [7, 11) is -3.67. The van der Waals surface area contributed by atoms with Gasteiger partial charge in [-0.3, -0.25) is 0 Å². The lowest BCUT2D eigenvalue weighted by Crippen LogP contribution is -2.53. The van der Waals surface area contributed by atoms with Crippen molar-refractivity contribution in [3.8, 4) is 0 Å². The molecule has 6 nitrogen and oxygen atoms in total. The van der Waals surface area contributed by atoms with Gasteiger partial charge in [0, 0.05) is 18.2 Å². The van der Waals surface area contributed by atoms with Gasteiger partial charge in [0.05, 0.1) is 0 Å². The first-order chi connectivity index (χ1) is 9.35. The molecule has 2 N–H and O–H groups in total. The summed E-state index contributed by atoms with van der Waals surface area (Å²) in [5, 5.41) is 10.8. The van der Waals surface area contributed by atoms with E-state index in [0.29, 0.717) is 5.76 Å². The molecule has 1 fully saturated rings. The van der Waals surface area contributed by atoms with E-state index in [0.717, 1.165) is 19.3 Å². The molecule has 0 aromatic carbocycles. The van der Waals surface area contributed by atoms with Crippen LogP contribution in [0.2, 0.25) is 0 Å². The van der Waals surface area contributed by atoms with Crippen LogP contribution >= 0.6 is 0 Å². The van der Waals surface area contributed by atoms with Crippen LogP contribution in [0.5, 0.6) is 0 Å². The van der Waals surface area contributed by atoms with Gasteiger partial charge in [-0.05, 0) is 33.6 Å². The Labute approximate surface area is 119 Å². The van der Waals surface area contributed by atoms with E-state index >= 15 is 0 Å². The van der Waals surface area contributed by atoms with Crippen molar-refractivity contribution in [3.05, 3.63) is 17.6 Å². The van der Waals surface area contributed by atoms with Crippen molar-refractivity contribution in [1.82, 2.24) is 9.84 Å². The van der Waals surface area contributed by atoms with Crippen LogP contribution in [0.25, 0.3) is 0 Å². The van der Waals surface area contributed by atoms with E-state index < -0.39 is 10.0 Å². The average molecular weight is 302 g/mol. The van der Waals surface area contributed by atoms with E-state index in [-0.39, 0.29) is 29.3 Å². The van der Waals surface area contributed by atoms with Gasteiger partial charge in [0.2, 0.25) is 0 Å². The number of hydrogen-bond acceptors (Lipinski definition) is 5. The predicted octanol–water partition coefficient (Wildman–Crippen LogP) is 1.54. The molecule has 1 aromatic heterocycles. The summed E-state index contributed by atoms with van der Waals surface area (Å²) in [6.07, 6.45) is 3.05. The number of nitrogens with one attached hydrogen (secondary N) is 1. The Morgan fingerprint density at radius 1 is 1.40 bits per heavy atom. The maximum Gasteiger partial charge on any atom is 0.256 e. The normalized spacial score (nSPS) is 25.0. The van der Waals surface area contributed by atoms with E-state index in [2.05, 4.69) is 4.83 Å². The van der Waals surface area contributed by atoms with Crippen LogP contribution in [-0.2, 0) is 16.6 Å².